The molecule has 1 fully saturated rings. The fourth-order valence-corrected chi connectivity index (χ4v) is 3.69. The van der Waals surface area contributed by atoms with Gasteiger partial charge >= 0.3 is 5.49 Å². The monoisotopic (exact) mass is 357 g/mol. The molecule has 0 bridgehead atoms. The molecule has 0 saturated carbocycles. The second-order valence-electron chi connectivity index (χ2n) is 6.99. The van der Waals surface area contributed by atoms with Gasteiger partial charge in [-0.2, -0.15) is 0 Å². The molecule has 0 amide bonds. The third-order valence-corrected chi connectivity index (χ3v) is 5.12. The Morgan fingerprint density at radius 2 is 1.59 bits per heavy atom. The number of nitrogens with zero attached hydrogens (tertiary/aromatic N) is 3. The fraction of sp³-hybridized carbons (Fsp3) is 0.227. The van der Waals surface area contributed by atoms with Crippen LogP contribution in [0.1, 0.15) is 42.1 Å². The maximum Gasteiger partial charge on any atom is 0.345 e. The van der Waals surface area contributed by atoms with Gasteiger partial charge in [-0.1, -0.05) is 65.8 Å². The topological polar surface area (TPSA) is 51.9 Å². The van der Waals surface area contributed by atoms with E-state index in [0.717, 1.165) is 16.6 Å². The normalized spacial score (nSPS) is 26.3. The van der Waals surface area contributed by atoms with Crippen LogP contribution in [0.25, 0.3) is 0 Å². The molecule has 5 rings (SSSR count). The summed E-state index contributed by atoms with van der Waals surface area (Å²) in [7, 11) is 0. The lowest BCUT2D eigenvalue weighted by Gasteiger charge is -2.14. The molecule has 1 unspecified atom stereocenters. The van der Waals surface area contributed by atoms with Crippen LogP contribution in [0.5, 0.6) is 0 Å². The van der Waals surface area contributed by atoms with E-state index in [2.05, 4.69) is 70.9 Å². The zero-order valence-corrected chi connectivity index (χ0v) is 15.1. The molecule has 3 heterocycles. The Hall–Kier alpha value is -2.89. The number of hydrogen-bond acceptors (Lipinski definition) is 4. The summed E-state index contributed by atoms with van der Waals surface area (Å²) in [4.78, 5) is 4.66. The van der Waals surface area contributed by atoms with E-state index in [1.165, 1.54) is 5.56 Å². The van der Waals surface area contributed by atoms with Gasteiger partial charge in [-0.3, -0.25) is 5.32 Å². The van der Waals surface area contributed by atoms with Gasteiger partial charge in [-0.05, 0) is 29.1 Å². The lowest BCUT2D eigenvalue weighted by Crippen LogP contribution is -2.32. The van der Waals surface area contributed by atoms with Crippen LogP contribution in [0.2, 0.25) is 0 Å². The van der Waals surface area contributed by atoms with Crippen molar-refractivity contribution in [3.8, 4) is 0 Å². The highest BCUT2D eigenvalue weighted by molar-refractivity contribution is 5.28. The molecule has 27 heavy (non-hydrogen) atoms. The molecule has 2 aliphatic heterocycles. The summed E-state index contributed by atoms with van der Waals surface area (Å²) in [5.74, 6) is 0. The second-order valence-corrected chi connectivity index (χ2v) is 6.99. The summed E-state index contributed by atoms with van der Waals surface area (Å²) in [5.41, 5.74) is 4.28. The molecular formula is C22H21N4O+. The van der Waals surface area contributed by atoms with Crippen molar-refractivity contribution >= 4 is 0 Å². The number of nitrogens with one attached hydrogen (secondary N) is 1. The van der Waals surface area contributed by atoms with Crippen molar-refractivity contribution < 1.29 is 9.10 Å². The van der Waals surface area contributed by atoms with E-state index in [9.17, 15) is 0 Å². The Labute approximate surface area is 157 Å². The fourth-order valence-electron chi connectivity index (χ4n) is 3.69. The lowest BCUT2D eigenvalue weighted by molar-refractivity contribution is -0.560. The van der Waals surface area contributed by atoms with E-state index in [4.69, 9.17) is 4.74 Å². The summed E-state index contributed by atoms with van der Waals surface area (Å²) in [6.45, 7) is 2.16. The van der Waals surface area contributed by atoms with Crippen molar-refractivity contribution in [2.45, 2.75) is 31.5 Å². The van der Waals surface area contributed by atoms with Crippen LogP contribution >= 0.6 is 0 Å². The van der Waals surface area contributed by atoms with E-state index in [0.29, 0.717) is 0 Å². The van der Waals surface area contributed by atoms with Crippen LogP contribution in [0, 0.1) is 0 Å². The highest BCUT2D eigenvalue weighted by Gasteiger charge is 2.33. The number of hydrogen-bond donors (Lipinski definition) is 1. The molecule has 0 aliphatic carbocycles. The van der Waals surface area contributed by atoms with Crippen molar-refractivity contribution in [1.29, 1.82) is 0 Å². The molecule has 1 aromatic heterocycles. The van der Waals surface area contributed by atoms with Gasteiger partial charge < -0.3 is 4.74 Å². The molecule has 1 N–H and O–H groups in total. The minimum atomic E-state index is -0.185. The largest absolute Gasteiger partial charge is 0.350 e. The van der Waals surface area contributed by atoms with Gasteiger partial charge in [0.1, 0.15) is 18.5 Å². The molecule has 0 radical (unpaired) electrons. The molecule has 134 valence electrons. The van der Waals surface area contributed by atoms with Gasteiger partial charge in [0.25, 0.3) is 6.17 Å². The predicted octanol–water partition coefficient (Wildman–Crippen LogP) is 3.09. The van der Waals surface area contributed by atoms with Crippen molar-refractivity contribution in [2.24, 2.45) is 10.1 Å². The molecule has 2 aromatic carbocycles. The first kappa shape index (κ1) is 16.3. The Morgan fingerprint density at radius 3 is 2.37 bits per heavy atom. The smallest absolute Gasteiger partial charge is 0.345 e. The number of rotatable bonds is 3. The minimum absolute atomic E-state index is 0.0570. The Balaban J connectivity index is 1.35. The Morgan fingerprint density at radius 1 is 0.852 bits per heavy atom. The number of fused-ring (bicyclic) bond motifs is 1. The number of ether oxygens (including phenoxy) is 1. The summed E-state index contributed by atoms with van der Waals surface area (Å²) in [5, 5.41) is 8.16. The molecule has 4 atom stereocenters. The first-order chi connectivity index (χ1) is 13.3. The zero-order valence-electron chi connectivity index (χ0n) is 15.1. The van der Waals surface area contributed by atoms with E-state index in [1.807, 2.05) is 34.8 Å². The number of benzene rings is 2. The molecular weight excluding hydrogens is 336 g/mol. The highest BCUT2D eigenvalue weighted by Crippen LogP contribution is 2.35. The molecule has 0 spiro atoms. The molecule has 2 aliphatic rings. The summed E-state index contributed by atoms with van der Waals surface area (Å²) < 4.78 is 8.13. The lowest BCUT2D eigenvalue weighted by atomic mass is 10.0. The van der Waals surface area contributed by atoms with Crippen molar-refractivity contribution in [2.75, 3.05) is 0 Å². The second kappa shape index (κ2) is 6.68. The van der Waals surface area contributed by atoms with Crippen molar-refractivity contribution in [3.63, 3.8) is 0 Å². The van der Waals surface area contributed by atoms with E-state index in [-0.39, 0.29) is 24.5 Å². The van der Waals surface area contributed by atoms with Crippen LogP contribution in [0.15, 0.2) is 89.1 Å². The maximum absolute atomic E-state index is 6.30. The quantitative estimate of drug-likeness (QED) is 0.733. The van der Waals surface area contributed by atoms with E-state index >= 15 is 0 Å². The SMILES string of the molecule is C[C@H]1N[C@H](c2ccc(C3N=c4cccc[n+]4=N3)cc2)O[C@@H]1c1ccccc1. The Kier molecular flexibility index (Phi) is 4.03. The van der Waals surface area contributed by atoms with E-state index in [1.54, 1.807) is 0 Å². The first-order valence-corrected chi connectivity index (χ1v) is 9.27. The Bertz CT molecular complexity index is 1030. The van der Waals surface area contributed by atoms with Gasteiger partial charge in [-0.15, -0.1) is 4.36 Å². The minimum Gasteiger partial charge on any atom is -0.350 e. The number of pyridine rings is 1. The average Bonchev–Trinajstić information content (AvgIpc) is 3.32. The number of aromatic nitrogens is 1. The van der Waals surface area contributed by atoms with Crippen LogP contribution in [0.3, 0.4) is 0 Å². The summed E-state index contributed by atoms with van der Waals surface area (Å²) >= 11 is 0. The van der Waals surface area contributed by atoms with Gasteiger partial charge in [0.15, 0.2) is 0 Å². The van der Waals surface area contributed by atoms with Gasteiger partial charge in [0, 0.05) is 17.7 Å². The molecule has 5 heteroatoms. The highest BCUT2D eigenvalue weighted by atomic mass is 16.5. The molecule has 3 aromatic rings. The van der Waals surface area contributed by atoms with E-state index < -0.39 is 0 Å². The zero-order chi connectivity index (χ0) is 18.2. The summed E-state index contributed by atoms with van der Waals surface area (Å²) in [6, 6.07) is 24.9. The van der Waals surface area contributed by atoms with Crippen LogP contribution in [-0.2, 0) is 4.74 Å². The van der Waals surface area contributed by atoms with Crippen LogP contribution in [0.4, 0.5) is 0 Å². The summed E-state index contributed by atoms with van der Waals surface area (Å²) in [6.07, 6.45) is 1.69. The predicted molar refractivity (Wildman–Crippen MR) is 100 cm³/mol. The molecule has 5 nitrogen and oxygen atoms in total. The third-order valence-electron chi connectivity index (χ3n) is 5.12. The van der Waals surface area contributed by atoms with Crippen molar-refractivity contribution in [3.05, 3.63) is 101 Å². The van der Waals surface area contributed by atoms with Gasteiger partial charge in [0.2, 0.25) is 0 Å². The van der Waals surface area contributed by atoms with Crippen LogP contribution < -0.4 is 15.2 Å². The van der Waals surface area contributed by atoms with Crippen LogP contribution in [-0.4, -0.2) is 6.04 Å². The molecule has 1 saturated heterocycles. The van der Waals surface area contributed by atoms with Crippen molar-refractivity contribution in [1.82, 2.24) is 5.32 Å². The first-order valence-electron chi connectivity index (χ1n) is 9.27. The average molecular weight is 357 g/mol. The maximum atomic E-state index is 6.30. The van der Waals surface area contributed by atoms with Gasteiger partial charge in [0.05, 0.1) is 0 Å². The van der Waals surface area contributed by atoms with Gasteiger partial charge in [-0.25, -0.2) is 0 Å². The third kappa shape index (κ3) is 3.05. The standard InChI is InChI=1S/C22H21N4O/c1-15-20(16-7-3-2-4-8-16)27-22(23-15)18-12-10-17(11-13-18)21-24-19-9-5-6-14-26(19)25-21/h2-15,20-23H,1H3/q+1/t15-,20+,21?,22+/m1/s1.